The Morgan fingerprint density at radius 3 is 3.00 bits per heavy atom. The zero-order chi connectivity index (χ0) is 14.7. The van der Waals surface area contributed by atoms with Crippen LogP contribution in [0.5, 0.6) is 0 Å². The van der Waals surface area contributed by atoms with E-state index in [4.69, 9.17) is 4.42 Å². The third-order valence-corrected chi connectivity index (χ3v) is 3.67. The molecular formula is C14H10N3O3S-. The van der Waals surface area contributed by atoms with E-state index < -0.39 is 5.97 Å². The second-order valence-corrected chi connectivity index (χ2v) is 5.16. The van der Waals surface area contributed by atoms with Crippen LogP contribution in [-0.4, -0.2) is 21.2 Å². The van der Waals surface area contributed by atoms with Gasteiger partial charge in [0.1, 0.15) is 0 Å². The summed E-state index contributed by atoms with van der Waals surface area (Å²) in [7, 11) is 0. The van der Waals surface area contributed by atoms with Crippen molar-refractivity contribution < 1.29 is 14.3 Å². The van der Waals surface area contributed by atoms with Crippen LogP contribution >= 0.6 is 11.8 Å². The number of thioether (sulfide) groups is 1. The van der Waals surface area contributed by atoms with E-state index in [9.17, 15) is 9.90 Å². The lowest BCUT2D eigenvalue weighted by Gasteiger charge is -2.04. The topological polar surface area (TPSA) is 94.8 Å². The molecule has 1 N–H and O–H groups in total. The molecule has 3 aromatic rings. The van der Waals surface area contributed by atoms with Crippen molar-refractivity contribution in [2.24, 2.45) is 0 Å². The van der Waals surface area contributed by atoms with E-state index in [-0.39, 0.29) is 5.56 Å². The van der Waals surface area contributed by atoms with Gasteiger partial charge in [0.2, 0.25) is 5.16 Å². The van der Waals surface area contributed by atoms with Crippen molar-refractivity contribution in [3.05, 3.63) is 53.8 Å². The Bertz CT molecular complexity index is 752. The van der Waals surface area contributed by atoms with Crippen LogP contribution < -0.4 is 5.11 Å². The summed E-state index contributed by atoms with van der Waals surface area (Å²) >= 11 is 1.40. The first-order valence-electron chi connectivity index (χ1n) is 6.12. The highest BCUT2D eigenvalue weighted by molar-refractivity contribution is 7.98. The van der Waals surface area contributed by atoms with E-state index in [0.717, 1.165) is 5.56 Å². The van der Waals surface area contributed by atoms with Gasteiger partial charge in [-0.3, -0.25) is 5.10 Å². The lowest BCUT2D eigenvalue weighted by Crippen LogP contribution is -2.22. The molecule has 0 saturated heterocycles. The first kappa shape index (κ1) is 13.4. The molecule has 0 aliphatic heterocycles. The van der Waals surface area contributed by atoms with Crippen LogP contribution in [-0.2, 0) is 5.75 Å². The van der Waals surface area contributed by atoms with Crippen LogP contribution in [0.15, 0.2) is 52.2 Å². The number of carbonyl (C=O) groups is 1. The quantitative estimate of drug-likeness (QED) is 0.721. The number of H-pyrrole nitrogens is 1. The van der Waals surface area contributed by atoms with Gasteiger partial charge in [-0.15, -0.1) is 5.10 Å². The predicted molar refractivity (Wildman–Crippen MR) is 74.4 cm³/mol. The number of nitrogens with one attached hydrogen (secondary N) is 1. The molecule has 0 bridgehead atoms. The Morgan fingerprint density at radius 2 is 2.24 bits per heavy atom. The fourth-order valence-electron chi connectivity index (χ4n) is 1.77. The minimum Gasteiger partial charge on any atom is -0.545 e. The highest BCUT2D eigenvalue weighted by Crippen LogP contribution is 2.22. The summed E-state index contributed by atoms with van der Waals surface area (Å²) in [5.74, 6) is 0.565. The highest BCUT2D eigenvalue weighted by atomic mass is 32.2. The lowest BCUT2D eigenvalue weighted by atomic mass is 10.1. The largest absolute Gasteiger partial charge is 0.545 e. The van der Waals surface area contributed by atoms with Gasteiger partial charge >= 0.3 is 0 Å². The Kier molecular flexibility index (Phi) is 3.74. The van der Waals surface area contributed by atoms with Crippen LogP contribution in [0.3, 0.4) is 0 Å². The van der Waals surface area contributed by atoms with Crippen molar-refractivity contribution in [3.63, 3.8) is 0 Å². The van der Waals surface area contributed by atoms with Gasteiger partial charge in [0.15, 0.2) is 11.6 Å². The van der Waals surface area contributed by atoms with Gasteiger partial charge in [0.05, 0.1) is 12.2 Å². The monoisotopic (exact) mass is 300 g/mol. The number of aromatic carboxylic acids is 1. The molecule has 3 rings (SSSR count). The number of hydrogen-bond donors (Lipinski definition) is 1. The maximum Gasteiger partial charge on any atom is 0.209 e. The average molecular weight is 300 g/mol. The predicted octanol–water partition coefficient (Wildman–Crippen LogP) is 1.72. The SMILES string of the molecule is O=C([O-])c1cccc(CSc2n[nH]c(-c3ccco3)n2)c1. The standard InChI is InChI=1S/C14H11N3O3S/c18-13(19)10-4-1-3-9(7-10)8-21-14-15-12(16-17-14)11-5-2-6-20-11/h1-7H,8H2,(H,18,19)(H,15,16,17)/p-1. The number of rotatable bonds is 5. The summed E-state index contributed by atoms with van der Waals surface area (Å²) in [5.41, 5.74) is 1.03. The number of carbonyl (C=O) groups excluding carboxylic acids is 1. The molecule has 106 valence electrons. The third-order valence-electron chi connectivity index (χ3n) is 2.75. The van der Waals surface area contributed by atoms with E-state index in [2.05, 4.69) is 15.2 Å². The molecule has 0 fully saturated rings. The molecular weight excluding hydrogens is 290 g/mol. The normalized spacial score (nSPS) is 10.7. The molecule has 2 aromatic heterocycles. The molecule has 0 unspecified atom stereocenters. The van der Waals surface area contributed by atoms with Gasteiger partial charge in [0.25, 0.3) is 0 Å². The van der Waals surface area contributed by atoms with E-state index in [1.165, 1.54) is 17.8 Å². The Labute approximate surface area is 124 Å². The van der Waals surface area contributed by atoms with Crippen molar-refractivity contribution in [1.29, 1.82) is 0 Å². The Morgan fingerprint density at radius 1 is 1.33 bits per heavy atom. The highest BCUT2D eigenvalue weighted by Gasteiger charge is 2.08. The van der Waals surface area contributed by atoms with Gasteiger partial charge in [-0.05, 0) is 29.3 Å². The summed E-state index contributed by atoms with van der Waals surface area (Å²) in [5, 5.41) is 18.3. The molecule has 0 radical (unpaired) electrons. The summed E-state index contributed by atoms with van der Waals surface area (Å²) in [4.78, 5) is 15.1. The molecule has 1 aromatic carbocycles. The summed E-state index contributed by atoms with van der Waals surface area (Å²) in [6, 6.07) is 10.2. The Hall–Kier alpha value is -2.54. The van der Waals surface area contributed by atoms with E-state index in [1.807, 2.05) is 6.07 Å². The second kappa shape index (κ2) is 5.84. The molecule has 6 nitrogen and oxygen atoms in total. The molecule has 7 heteroatoms. The van der Waals surface area contributed by atoms with Crippen molar-refractivity contribution in [2.75, 3.05) is 0 Å². The molecule has 0 amide bonds. The summed E-state index contributed by atoms with van der Waals surface area (Å²) < 4.78 is 5.22. The fourth-order valence-corrected chi connectivity index (χ4v) is 2.51. The summed E-state index contributed by atoms with van der Waals surface area (Å²) in [6.07, 6.45) is 1.57. The number of carboxylic acids is 1. The second-order valence-electron chi connectivity index (χ2n) is 4.22. The number of aromatic amines is 1. The fraction of sp³-hybridized carbons (Fsp3) is 0.0714. The van der Waals surface area contributed by atoms with Crippen LogP contribution in [0, 0.1) is 0 Å². The molecule has 0 aliphatic rings. The van der Waals surface area contributed by atoms with E-state index in [0.29, 0.717) is 22.5 Å². The molecule has 0 atom stereocenters. The number of carboxylic acid groups (broad SMARTS) is 1. The first-order chi connectivity index (χ1) is 10.2. The number of furan rings is 1. The smallest absolute Gasteiger partial charge is 0.209 e. The molecule has 0 saturated carbocycles. The van der Waals surface area contributed by atoms with Gasteiger partial charge < -0.3 is 14.3 Å². The van der Waals surface area contributed by atoms with Crippen LogP contribution in [0.4, 0.5) is 0 Å². The molecule has 0 aliphatic carbocycles. The molecule has 0 spiro atoms. The number of aromatic nitrogens is 3. The molecule has 21 heavy (non-hydrogen) atoms. The molecule has 2 heterocycles. The third kappa shape index (κ3) is 3.14. The van der Waals surface area contributed by atoms with E-state index in [1.54, 1.807) is 30.5 Å². The minimum atomic E-state index is -1.18. The maximum atomic E-state index is 10.8. The van der Waals surface area contributed by atoms with Gasteiger partial charge in [-0.1, -0.05) is 30.0 Å². The number of nitrogens with zero attached hydrogens (tertiary/aromatic N) is 2. The van der Waals surface area contributed by atoms with Gasteiger partial charge in [-0.25, -0.2) is 0 Å². The lowest BCUT2D eigenvalue weighted by molar-refractivity contribution is -0.255. The summed E-state index contributed by atoms with van der Waals surface area (Å²) in [6.45, 7) is 0. The Balaban J connectivity index is 1.68. The van der Waals surface area contributed by atoms with Crippen LogP contribution in [0.25, 0.3) is 11.6 Å². The average Bonchev–Trinajstić information content (AvgIpc) is 3.16. The maximum absolute atomic E-state index is 10.8. The zero-order valence-corrected chi connectivity index (χ0v) is 11.6. The van der Waals surface area contributed by atoms with Gasteiger partial charge in [-0.2, -0.15) is 4.98 Å². The van der Waals surface area contributed by atoms with Crippen molar-refractivity contribution in [1.82, 2.24) is 15.2 Å². The van der Waals surface area contributed by atoms with Crippen LogP contribution in [0.1, 0.15) is 15.9 Å². The zero-order valence-electron chi connectivity index (χ0n) is 10.8. The number of hydrogen-bond acceptors (Lipinski definition) is 6. The van der Waals surface area contributed by atoms with Crippen molar-refractivity contribution >= 4 is 17.7 Å². The van der Waals surface area contributed by atoms with Crippen molar-refractivity contribution in [2.45, 2.75) is 10.9 Å². The van der Waals surface area contributed by atoms with Crippen LogP contribution in [0.2, 0.25) is 0 Å². The minimum absolute atomic E-state index is 0.166. The number of benzene rings is 1. The van der Waals surface area contributed by atoms with E-state index >= 15 is 0 Å². The first-order valence-corrected chi connectivity index (χ1v) is 7.10. The van der Waals surface area contributed by atoms with Gasteiger partial charge in [0, 0.05) is 5.75 Å². The van der Waals surface area contributed by atoms with Crippen molar-refractivity contribution in [3.8, 4) is 11.6 Å².